The lowest BCUT2D eigenvalue weighted by molar-refractivity contribution is -0.131. The standard InChI is InChI=1S/C23H28N4O4S/c28-22(26-15-13-25(14-16-26)20-7-2-1-3-8-20)10-11-24-23(29)19-6-4-9-21(18-19)27-12-5-17-32(27,30)31/h1-4,6-9,18H,5,10-17H2,(H,24,29). The zero-order valence-electron chi connectivity index (χ0n) is 17.9. The van der Waals surface area contributed by atoms with Crippen LogP contribution in [0.15, 0.2) is 54.6 Å². The number of carbonyl (C=O) groups is 2. The van der Waals surface area contributed by atoms with Crippen LogP contribution in [-0.2, 0) is 14.8 Å². The molecule has 170 valence electrons. The minimum Gasteiger partial charge on any atom is -0.368 e. The number of hydrogen-bond acceptors (Lipinski definition) is 5. The highest BCUT2D eigenvalue weighted by molar-refractivity contribution is 7.93. The Balaban J connectivity index is 1.25. The van der Waals surface area contributed by atoms with Gasteiger partial charge in [0.25, 0.3) is 5.91 Å². The fourth-order valence-corrected chi connectivity index (χ4v) is 5.68. The van der Waals surface area contributed by atoms with Gasteiger partial charge < -0.3 is 15.1 Å². The minimum absolute atomic E-state index is 0.0231. The van der Waals surface area contributed by atoms with Gasteiger partial charge in [0.05, 0.1) is 11.4 Å². The normalized spacial score (nSPS) is 17.9. The minimum atomic E-state index is -3.30. The molecule has 0 spiro atoms. The maximum atomic E-state index is 12.5. The number of nitrogens with one attached hydrogen (secondary N) is 1. The van der Waals surface area contributed by atoms with E-state index in [-0.39, 0.29) is 30.5 Å². The maximum absolute atomic E-state index is 12.5. The van der Waals surface area contributed by atoms with Crippen molar-refractivity contribution in [1.82, 2.24) is 10.2 Å². The maximum Gasteiger partial charge on any atom is 0.251 e. The van der Waals surface area contributed by atoms with Crippen LogP contribution >= 0.6 is 0 Å². The number of carbonyl (C=O) groups excluding carboxylic acids is 2. The summed E-state index contributed by atoms with van der Waals surface area (Å²) < 4.78 is 25.6. The molecular formula is C23H28N4O4S. The van der Waals surface area contributed by atoms with Crippen LogP contribution in [0.25, 0.3) is 0 Å². The first-order chi connectivity index (χ1) is 15.4. The summed E-state index contributed by atoms with van der Waals surface area (Å²) >= 11 is 0. The van der Waals surface area contributed by atoms with E-state index >= 15 is 0 Å². The number of benzene rings is 2. The van der Waals surface area contributed by atoms with Crippen molar-refractivity contribution in [3.8, 4) is 0 Å². The Morgan fingerprint density at radius 1 is 0.875 bits per heavy atom. The van der Waals surface area contributed by atoms with E-state index in [1.165, 1.54) is 4.31 Å². The Morgan fingerprint density at radius 3 is 2.28 bits per heavy atom. The van der Waals surface area contributed by atoms with Gasteiger partial charge in [0, 0.05) is 56.9 Å². The average Bonchev–Trinajstić information content (AvgIpc) is 3.18. The van der Waals surface area contributed by atoms with E-state index in [0.29, 0.717) is 37.3 Å². The molecule has 32 heavy (non-hydrogen) atoms. The lowest BCUT2D eigenvalue weighted by Crippen LogP contribution is -2.49. The molecule has 2 fully saturated rings. The molecule has 2 aromatic carbocycles. The molecule has 2 amide bonds. The summed E-state index contributed by atoms with van der Waals surface area (Å²) in [5.41, 5.74) is 2.05. The van der Waals surface area contributed by atoms with Gasteiger partial charge in [-0.2, -0.15) is 0 Å². The van der Waals surface area contributed by atoms with Crippen molar-refractivity contribution in [3.63, 3.8) is 0 Å². The summed E-state index contributed by atoms with van der Waals surface area (Å²) in [6, 6.07) is 16.7. The highest BCUT2D eigenvalue weighted by atomic mass is 32.2. The van der Waals surface area contributed by atoms with Gasteiger partial charge in [-0.25, -0.2) is 8.42 Å². The topological polar surface area (TPSA) is 90.0 Å². The van der Waals surface area contributed by atoms with E-state index in [2.05, 4.69) is 22.3 Å². The van der Waals surface area contributed by atoms with Gasteiger partial charge in [0.2, 0.25) is 15.9 Å². The lowest BCUT2D eigenvalue weighted by Gasteiger charge is -2.36. The molecule has 0 saturated carbocycles. The van der Waals surface area contributed by atoms with Crippen molar-refractivity contribution >= 4 is 33.2 Å². The van der Waals surface area contributed by atoms with Crippen molar-refractivity contribution in [3.05, 3.63) is 60.2 Å². The van der Waals surface area contributed by atoms with Gasteiger partial charge in [0.1, 0.15) is 0 Å². The van der Waals surface area contributed by atoms with E-state index in [1.54, 1.807) is 24.3 Å². The summed E-state index contributed by atoms with van der Waals surface area (Å²) in [7, 11) is -3.30. The second kappa shape index (κ2) is 9.60. The van der Waals surface area contributed by atoms with Gasteiger partial charge in [-0.1, -0.05) is 24.3 Å². The third-order valence-electron chi connectivity index (χ3n) is 5.87. The number of hydrogen-bond donors (Lipinski definition) is 1. The van der Waals surface area contributed by atoms with Crippen molar-refractivity contribution in [1.29, 1.82) is 0 Å². The molecule has 2 aromatic rings. The van der Waals surface area contributed by atoms with E-state index in [1.807, 2.05) is 23.1 Å². The zero-order valence-corrected chi connectivity index (χ0v) is 18.8. The largest absolute Gasteiger partial charge is 0.368 e. The van der Waals surface area contributed by atoms with E-state index in [4.69, 9.17) is 0 Å². The van der Waals surface area contributed by atoms with E-state index < -0.39 is 10.0 Å². The third kappa shape index (κ3) is 5.04. The van der Waals surface area contributed by atoms with E-state index in [0.717, 1.165) is 18.8 Å². The predicted octanol–water partition coefficient (Wildman–Crippen LogP) is 1.70. The van der Waals surface area contributed by atoms with Gasteiger partial charge in [-0.3, -0.25) is 13.9 Å². The second-order valence-corrected chi connectivity index (χ2v) is 10.0. The van der Waals surface area contributed by atoms with Crippen LogP contribution in [0.4, 0.5) is 11.4 Å². The zero-order chi connectivity index (χ0) is 22.6. The van der Waals surface area contributed by atoms with Gasteiger partial charge >= 0.3 is 0 Å². The Kier molecular flexibility index (Phi) is 6.64. The molecule has 2 heterocycles. The van der Waals surface area contributed by atoms with Crippen LogP contribution in [0.1, 0.15) is 23.2 Å². The van der Waals surface area contributed by atoms with Crippen LogP contribution < -0.4 is 14.5 Å². The molecule has 8 nitrogen and oxygen atoms in total. The Labute approximate surface area is 188 Å². The SMILES string of the molecule is O=C(NCCC(=O)N1CCN(c2ccccc2)CC1)c1cccc(N2CCCS2(=O)=O)c1. The summed E-state index contributed by atoms with van der Waals surface area (Å²) in [5.74, 6) is -0.162. The van der Waals surface area contributed by atoms with Gasteiger partial charge in [0.15, 0.2) is 0 Å². The molecule has 2 aliphatic rings. The van der Waals surface area contributed by atoms with Crippen molar-refractivity contribution in [2.45, 2.75) is 12.8 Å². The first-order valence-corrected chi connectivity index (χ1v) is 12.5. The number of sulfonamides is 1. The van der Waals surface area contributed by atoms with Gasteiger partial charge in [-0.15, -0.1) is 0 Å². The van der Waals surface area contributed by atoms with Crippen LogP contribution in [0.5, 0.6) is 0 Å². The molecule has 0 radical (unpaired) electrons. The first kappa shape index (κ1) is 22.1. The molecule has 0 aliphatic carbocycles. The molecular weight excluding hydrogens is 428 g/mol. The predicted molar refractivity (Wildman–Crippen MR) is 124 cm³/mol. The molecule has 0 bridgehead atoms. The molecule has 0 atom stereocenters. The number of amides is 2. The molecule has 0 aromatic heterocycles. The van der Waals surface area contributed by atoms with Crippen LogP contribution in [0, 0.1) is 0 Å². The molecule has 2 saturated heterocycles. The summed E-state index contributed by atoms with van der Waals surface area (Å²) in [5, 5.41) is 2.78. The summed E-state index contributed by atoms with van der Waals surface area (Å²) in [6.07, 6.45) is 0.817. The van der Waals surface area contributed by atoms with Crippen LogP contribution in [-0.4, -0.2) is 70.2 Å². The lowest BCUT2D eigenvalue weighted by atomic mass is 10.2. The van der Waals surface area contributed by atoms with Crippen molar-refractivity contribution < 1.29 is 18.0 Å². The van der Waals surface area contributed by atoms with E-state index in [9.17, 15) is 18.0 Å². The Bertz CT molecular complexity index is 1070. The number of nitrogens with zero attached hydrogens (tertiary/aromatic N) is 3. The monoisotopic (exact) mass is 456 g/mol. The molecule has 9 heteroatoms. The smallest absolute Gasteiger partial charge is 0.251 e. The summed E-state index contributed by atoms with van der Waals surface area (Å²) in [6.45, 7) is 3.56. The number of para-hydroxylation sites is 1. The second-order valence-electron chi connectivity index (χ2n) is 8.00. The molecule has 0 unspecified atom stereocenters. The molecule has 1 N–H and O–H groups in total. The molecule has 4 rings (SSSR count). The average molecular weight is 457 g/mol. The van der Waals surface area contributed by atoms with Crippen molar-refractivity contribution in [2.24, 2.45) is 0 Å². The highest BCUT2D eigenvalue weighted by Gasteiger charge is 2.28. The number of rotatable bonds is 6. The fourth-order valence-electron chi connectivity index (χ4n) is 4.13. The quantitative estimate of drug-likeness (QED) is 0.715. The molecule has 2 aliphatic heterocycles. The third-order valence-corrected chi connectivity index (χ3v) is 7.74. The number of anilines is 2. The fraction of sp³-hybridized carbons (Fsp3) is 0.391. The van der Waals surface area contributed by atoms with Crippen LogP contribution in [0.3, 0.4) is 0 Å². The van der Waals surface area contributed by atoms with Gasteiger partial charge in [-0.05, 0) is 36.8 Å². The Hall–Kier alpha value is -3.07. The number of piperazine rings is 1. The first-order valence-electron chi connectivity index (χ1n) is 10.9. The Morgan fingerprint density at radius 2 is 1.59 bits per heavy atom. The van der Waals surface area contributed by atoms with Crippen LogP contribution in [0.2, 0.25) is 0 Å². The highest BCUT2D eigenvalue weighted by Crippen LogP contribution is 2.24. The van der Waals surface area contributed by atoms with Crippen molar-refractivity contribution in [2.75, 3.05) is 54.2 Å². The summed E-state index contributed by atoms with van der Waals surface area (Å²) in [4.78, 5) is 29.2.